The maximum atomic E-state index is 6.40. The lowest BCUT2D eigenvalue weighted by atomic mass is 9.79. The largest absolute Gasteiger partial charge is 0.380 e. The highest BCUT2D eigenvalue weighted by Gasteiger charge is 2.46. The fourth-order valence-corrected chi connectivity index (χ4v) is 4.95. The fourth-order valence-electron chi connectivity index (χ4n) is 4.95. The molecule has 2 saturated heterocycles. The van der Waals surface area contributed by atoms with Gasteiger partial charge in [-0.15, -0.1) is 0 Å². The number of fused-ring (bicyclic) bond motifs is 1. The Labute approximate surface area is 161 Å². The summed E-state index contributed by atoms with van der Waals surface area (Å²) in [4.78, 5) is 11.5. The Balaban J connectivity index is 1.30. The molecule has 0 spiro atoms. The van der Waals surface area contributed by atoms with Gasteiger partial charge in [-0.25, -0.2) is 15.4 Å². The van der Waals surface area contributed by atoms with E-state index in [1.54, 1.807) is 13.4 Å². The van der Waals surface area contributed by atoms with Crippen LogP contribution in [0, 0.1) is 5.92 Å². The van der Waals surface area contributed by atoms with E-state index in [1.807, 2.05) is 0 Å². The zero-order valence-corrected chi connectivity index (χ0v) is 16.4. The van der Waals surface area contributed by atoms with E-state index in [1.165, 1.54) is 12.8 Å². The van der Waals surface area contributed by atoms with Crippen LogP contribution in [0.1, 0.15) is 57.2 Å². The van der Waals surface area contributed by atoms with Gasteiger partial charge in [-0.1, -0.05) is 0 Å². The van der Waals surface area contributed by atoms with E-state index >= 15 is 0 Å². The van der Waals surface area contributed by atoms with Crippen molar-refractivity contribution >= 4 is 5.82 Å². The third-order valence-corrected chi connectivity index (χ3v) is 6.90. The van der Waals surface area contributed by atoms with E-state index in [0.29, 0.717) is 24.2 Å². The maximum absolute atomic E-state index is 6.40. The van der Waals surface area contributed by atoms with Crippen LogP contribution < -0.4 is 15.8 Å². The van der Waals surface area contributed by atoms with E-state index in [0.717, 1.165) is 50.3 Å². The van der Waals surface area contributed by atoms with E-state index in [9.17, 15) is 0 Å². The minimum atomic E-state index is 0.155. The van der Waals surface area contributed by atoms with Crippen molar-refractivity contribution in [2.75, 3.05) is 25.1 Å². The lowest BCUT2D eigenvalue weighted by Crippen LogP contribution is -2.38. The summed E-state index contributed by atoms with van der Waals surface area (Å²) in [6.07, 6.45) is 9.29. The van der Waals surface area contributed by atoms with Crippen molar-refractivity contribution in [2.45, 2.75) is 75.3 Å². The van der Waals surface area contributed by atoms with Crippen LogP contribution in [0.5, 0.6) is 0 Å². The molecule has 27 heavy (non-hydrogen) atoms. The van der Waals surface area contributed by atoms with Crippen molar-refractivity contribution in [3.63, 3.8) is 0 Å². The summed E-state index contributed by atoms with van der Waals surface area (Å²) in [5.41, 5.74) is 8.26. The van der Waals surface area contributed by atoms with Crippen LogP contribution in [-0.2, 0) is 9.47 Å². The Morgan fingerprint density at radius 1 is 1.15 bits per heavy atom. The normalized spacial score (nSPS) is 37.4. The second kappa shape index (κ2) is 6.95. The lowest BCUT2D eigenvalue weighted by molar-refractivity contribution is -0.0500. The summed E-state index contributed by atoms with van der Waals surface area (Å²) in [7, 11) is 1.79. The van der Waals surface area contributed by atoms with E-state index < -0.39 is 0 Å². The number of methoxy groups -OCH3 is 1. The second-order valence-electron chi connectivity index (χ2n) is 8.93. The van der Waals surface area contributed by atoms with E-state index in [2.05, 4.69) is 38.7 Å². The number of aromatic nitrogens is 2. The Morgan fingerprint density at radius 2 is 2.04 bits per heavy atom. The zero-order chi connectivity index (χ0) is 18.4. The van der Waals surface area contributed by atoms with Crippen molar-refractivity contribution in [3.8, 4) is 0 Å². The molecule has 2 aliphatic heterocycles. The maximum Gasteiger partial charge on any atom is 0.132 e. The molecular formula is C20H31N5O2. The molecule has 7 nitrogen and oxygen atoms in total. The second-order valence-corrected chi connectivity index (χ2v) is 8.93. The van der Waals surface area contributed by atoms with Crippen LogP contribution in [0.3, 0.4) is 0 Å². The molecule has 1 aromatic rings. The molecule has 1 aromatic heterocycles. The van der Waals surface area contributed by atoms with Crippen LogP contribution in [0.4, 0.5) is 5.82 Å². The molecule has 0 amide bonds. The van der Waals surface area contributed by atoms with Crippen molar-refractivity contribution in [2.24, 2.45) is 5.92 Å². The van der Waals surface area contributed by atoms with E-state index in [4.69, 9.17) is 9.47 Å². The third-order valence-electron chi connectivity index (χ3n) is 6.90. The molecule has 4 unspecified atom stereocenters. The van der Waals surface area contributed by atoms with Gasteiger partial charge in [-0.3, -0.25) is 5.43 Å². The molecule has 0 radical (unpaired) electrons. The standard InChI is InChI=1S/C20H31N5O2/c1-20(6-7-20)27-13-3-4-16-15(9-13)19(24-23-16)17-10-18(22-12-21-17)25-8-5-14(11-25)26-2/h10,12-16,19,23-24H,3-9,11H2,1-2H3/t13?,14-,15?,16?,19?/m1/s1. The number of nitrogens with one attached hydrogen (secondary N) is 2. The minimum Gasteiger partial charge on any atom is -0.380 e. The highest BCUT2D eigenvalue weighted by atomic mass is 16.5. The molecule has 7 heteroatoms. The summed E-state index contributed by atoms with van der Waals surface area (Å²) < 4.78 is 11.9. The quantitative estimate of drug-likeness (QED) is 0.817. The van der Waals surface area contributed by atoms with Gasteiger partial charge >= 0.3 is 0 Å². The van der Waals surface area contributed by atoms with Gasteiger partial charge in [0.05, 0.1) is 29.5 Å². The molecule has 5 rings (SSSR count). The molecule has 5 atom stereocenters. The fraction of sp³-hybridized carbons (Fsp3) is 0.800. The molecule has 2 saturated carbocycles. The van der Waals surface area contributed by atoms with Gasteiger partial charge in [0.25, 0.3) is 0 Å². The highest BCUT2D eigenvalue weighted by molar-refractivity contribution is 5.41. The van der Waals surface area contributed by atoms with Crippen molar-refractivity contribution in [1.82, 2.24) is 20.8 Å². The lowest BCUT2D eigenvalue weighted by Gasteiger charge is -2.34. The number of ether oxygens (including phenoxy) is 2. The monoisotopic (exact) mass is 373 g/mol. The molecule has 0 aromatic carbocycles. The Morgan fingerprint density at radius 3 is 2.81 bits per heavy atom. The number of anilines is 1. The van der Waals surface area contributed by atoms with Gasteiger partial charge < -0.3 is 14.4 Å². The molecule has 0 bridgehead atoms. The van der Waals surface area contributed by atoms with Crippen molar-refractivity contribution in [3.05, 3.63) is 18.1 Å². The first-order valence-corrected chi connectivity index (χ1v) is 10.4. The number of hydrogen-bond acceptors (Lipinski definition) is 7. The first-order valence-electron chi connectivity index (χ1n) is 10.4. The van der Waals surface area contributed by atoms with Crippen LogP contribution in [-0.4, -0.2) is 54.0 Å². The minimum absolute atomic E-state index is 0.155. The molecule has 4 fully saturated rings. The number of nitrogens with zero attached hydrogens (tertiary/aromatic N) is 3. The van der Waals surface area contributed by atoms with Gasteiger partial charge in [0, 0.05) is 38.2 Å². The zero-order valence-electron chi connectivity index (χ0n) is 16.4. The summed E-state index contributed by atoms with van der Waals surface area (Å²) in [6, 6.07) is 2.88. The summed E-state index contributed by atoms with van der Waals surface area (Å²) in [6.45, 7) is 4.15. The summed E-state index contributed by atoms with van der Waals surface area (Å²) in [5.74, 6) is 1.53. The van der Waals surface area contributed by atoms with Crippen molar-refractivity contribution in [1.29, 1.82) is 0 Å². The van der Waals surface area contributed by atoms with Gasteiger partial charge in [-0.2, -0.15) is 0 Å². The number of rotatable bonds is 5. The predicted octanol–water partition coefficient (Wildman–Crippen LogP) is 1.96. The average molecular weight is 374 g/mol. The SMILES string of the molecule is CO[C@@H]1CCN(c2cc(C3NNC4CCC(OC5(C)CC5)CC43)ncn2)C1. The molecule has 2 N–H and O–H groups in total. The average Bonchev–Trinajstić information content (AvgIpc) is 3.11. The third kappa shape index (κ3) is 3.58. The number of hydrazine groups is 1. The molecular weight excluding hydrogens is 342 g/mol. The van der Waals surface area contributed by atoms with Crippen LogP contribution in [0.25, 0.3) is 0 Å². The first kappa shape index (κ1) is 17.8. The van der Waals surface area contributed by atoms with Crippen LogP contribution in [0.15, 0.2) is 12.4 Å². The highest BCUT2D eigenvalue weighted by Crippen LogP contribution is 2.45. The van der Waals surface area contributed by atoms with Crippen molar-refractivity contribution < 1.29 is 9.47 Å². The molecule has 4 aliphatic rings. The van der Waals surface area contributed by atoms with Gasteiger partial charge in [-0.05, 0) is 45.4 Å². The van der Waals surface area contributed by atoms with E-state index in [-0.39, 0.29) is 11.6 Å². The first-order chi connectivity index (χ1) is 13.1. The Hall–Kier alpha value is -1.28. The summed E-state index contributed by atoms with van der Waals surface area (Å²) in [5, 5.41) is 0. The van der Waals surface area contributed by atoms with Gasteiger partial charge in [0.1, 0.15) is 12.1 Å². The van der Waals surface area contributed by atoms with Crippen LogP contribution >= 0.6 is 0 Å². The Bertz CT molecular complexity index is 682. The smallest absolute Gasteiger partial charge is 0.132 e. The van der Waals surface area contributed by atoms with Gasteiger partial charge in [0.15, 0.2) is 0 Å². The molecule has 148 valence electrons. The van der Waals surface area contributed by atoms with Gasteiger partial charge in [0.2, 0.25) is 0 Å². The predicted molar refractivity (Wildman–Crippen MR) is 102 cm³/mol. The molecule has 2 aliphatic carbocycles. The topological polar surface area (TPSA) is 71.5 Å². The molecule has 3 heterocycles. The van der Waals surface area contributed by atoms with Crippen LogP contribution in [0.2, 0.25) is 0 Å². The Kier molecular flexibility index (Phi) is 4.58. The number of hydrogen-bond donors (Lipinski definition) is 2. The summed E-state index contributed by atoms with van der Waals surface area (Å²) >= 11 is 0.